The van der Waals surface area contributed by atoms with Gasteiger partial charge < -0.3 is 9.53 Å². The maximum absolute atomic E-state index is 14.0. The Morgan fingerprint density at radius 2 is 1.67 bits per heavy atom. The number of carbonyl (C=O) groups excluding carboxylic acids is 1. The van der Waals surface area contributed by atoms with Crippen LogP contribution in [0.3, 0.4) is 0 Å². The zero-order chi connectivity index (χ0) is 22.0. The van der Waals surface area contributed by atoms with Gasteiger partial charge in [0.2, 0.25) is 0 Å². The predicted octanol–water partition coefficient (Wildman–Crippen LogP) is 6.10. The number of rotatable bonds is 13. The van der Waals surface area contributed by atoms with Crippen LogP contribution in [0.1, 0.15) is 63.5 Å². The molecule has 30 heavy (non-hydrogen) atoms. The number of aldehydes is 1. The molecule has 0 amide bonds. The van der Waals surface area contributed by atoms with Gasteiger partial charge in [-0.25, -0.2) is 4.39 Å². The molecular weight excluding hydrogens is 399 g/mol. The molecule has 2 aromatic carbocycles. The fraction of sp³-hybridized carbons (Fsp3) is 0.480. The molecular formula is C25H33FO3S. The number of carbonyl (C=O) groups is 1. The summed E-state index contributed by atoms with van der Waals surface area (Å²) in [7, 11) is 0.229. The van der Waals surface area contributed by atoms with Crippen LogP contribution >= 0.6 is 0 Å². The van der Waals surface area contributed by atoms with Crippen molar-refractivity contribution in [3.63, 3.8) is 0 Å². The average molecular weight is 433 g/mol. The van der Waals surface area contributed by atoms with Crippen LogP contribution in [0.2, 0.25) is 0 Å². The maximum Gasteiger partial charge on any atom is 0.127 e. The molecule has 0 aliphatic rings. The van der Waals surface area contributed by atoms with Gasteiger partial charge in [0.25, 0.3) is 0 Å². The summed E-state index contributed by atoms with van der Waals surface area (Å²) < 4.78 is 32.6. The van der Waals surface area contributed by atoms with E-state index in [1.165, 1.54) is 12.1 Å². The smallest absolute Gasteiger partial charge is 0.127 e. The molecule has 3 nitrogen and oxygen atoms in total. The minimum absolute atomic E-state index is 0.289. The van der Waals surface area contributed by atoms with E-state index in [2.05, 4.69) is 13.8 Å². The lowest BCUT2D eigenvalue weighted by atomic mass is 9.81. The van der Waals surface area contributed by atoms with E-state index < -0.39 is 16.2 Å². The van der Waals surface area contributed by atoms with Crippen molar-refractivity contribution < 1.29 is 18.1 Å². The minimum Gasteiger partial charge on any atom is -0.497 e. The molecule has 0 saturated heterocycles. The van der Waals surface area contributed by atoms with Crippen LogP contribution in [0.5, 0.6) is 5.75 Å². The van der Waals surface area contributed by atoms with Gasteiger partial charge in [0.05, 0.1) is 17.9 Å². The molecule has 0 aliphatic carbocycles. The van der Waals surface area contributed by atoms with E-state index in [1.54, 1.807) is 13.2 Å². The van der Waals surface area contributed by atoms with Crippen LogP contribution in [0.4, 0.5) is 4.39 Å². The van der Waals surface area contributed by atoms with Crippen molar-refractivity contribution in [2.24, 2.45) is 5.41 Å². The van der Waals surface area contributed by atoms with Gasteiger partial charge in [0, 0.05) is 16.1 Å². The third-order valence-electron chi connectivity index (χ3n) is 5.55. The van der Waals surface area contributed by atoms with Gasteiger partial charge in [-0.15, -0.1) is 0 Å². The highest BCUT2D eigenvalue weighted by Crippen LogP contribution is 2.33. The van der Waals surface area contributed by atoms with Crippen LogP contribution in [0, 0.1) is 11.2 Å². The Labute approximate surface area is 182 Å². The van der Waals surface area contributed by atoms with E-state index in [9.17, 15) is 13.4 Å². The van der Waals surface area contributed by atoms with Crippen LogP contribution in [0.15, 0.2) is 47.4 Å². The van der Waals surface area contributed by atoms with Gasteiger partial charge in [-0.3, -0.25) is 4.21 Å². The normalized spacial score (nSPS) is 12.5. The molecule has 1 atom stereocenters. The number of benzene rings is 2. The number of ether oxygens (including phenoxy) is 1. The molecule has 0 aliphatic heterocycles. The van der Waals surface area contributed by atoms with Crippen molar-refractivity contribution in [3.05, 3.63) is 59.4 Å². The summed E-state index contributed by atoms with van der Waals surface area (Å²) >= 11 is 0. The molecule has 0 bridgehead atoms. The van der Waals surface area contributed by atoms with Crippen LogP contribution in [-0.4, -0.2) is 23.4 Å². The molecule has 2 rings (SSSR count). The summed E-state index contributed by atoms with van der Waals surface area (Å²) in [6.07, 6.45) is 6.83. The predicted molar refractivity (Wildman–Crippen MR) is 121 cm³/mol. The Kier molecular flexibility index (Phi) is 9.70. The molecule has 2 aromatic rings. The summed E-state index contributed by atoms with van der Waals surface area (Å²) in [5.41, 5.74) is 1.10. The Balaban J connectivity index is 2.29. The lowest BCUT2D eigenvalue weighted by Crippen LogP contribution is -2.30. The molecule has 0 heterocycles. The van der Waals surface area contributed by atoms with Crippen LogP contribution in [0.25, 0.3) is 0 Å². The van der Waals surface area contributed by atoms with E-state index in [0.29, 0.717) is 16.9 Å². The van der Waals surface area contributed by atoms with Crippen molar-refractivity contribution in [3.8, 4) is 5.75 Å². The Morgan fingerprint density at radius 1 is 1.03 bits per heavy atom. The molecule has 0 aromatic heterocycles. The first-order valence-electron chi connectivity index (χ1n) is 10.7. The molecule has 0 spiro atoms. The van der Waals surface area contributed by atoms with E-state index >= 15 is 0 Å². The average Bonchev–Trinajstić information content (AvgIpc) is 2.76. The van der Waals surface area contributed by atoms with Crippen LogP contribution < -0.4 is 4.74 Å². The first kappa shape index (κ1) is 24.3. The maximum atomic E-state index is 14.0. The van der Waals surface area contributed by atoms with Crippen molar-refractivity contribution in [1.82, 2.24) is 0 Å². The van der Waals surface area contributed by atoms with Gasteiger partial charge in [-0.2, -0.15) is 0 Å². The largest absolute Gasteiger partial charge is 0.497 e. The van der Waals surface area contributed by atoms with E-state index in [4.69, 9.17) is 4.74 Å². The van der Waals surface area contributed by atoms with E-state index in [1.807, 2.05) is 24.3 Å². The molecule has 1 unspecified atom stereocenters. The lowest BCUT2D eigenvalue weighted by molar-refractivity contribution is -0.116. The highest BCUT2D eigenvalue weighted by molar-refractivity contribution is 7.85. The standard InChI is InChI=1S/C25H33FO3S/c1-4-6-14-25(18-27,15-7-5-2)19-30(28)24-13-10-22(26)17-21(24)16-20-8-11-23(29-3)12-9-20/h8-13,17-18H,4-7,14-16,19H2,1-3H3. The SMILES string of the molecule is CCCCC(C=O)(CCCC)CS(=O)c1ccc(F)cc1Cc1ccc(OC)cc1. The van der Waals surface area contributed by atoms with Gasteiger partial charge in [0.15, 0.2) is 0 Å². The molecule has 0 radical (unpaired) electrons. The Bertz CT molecular complexity index is 825. The number of halogens is 1. The topological polar surface area (TPSA) is 43.4 Å². The summed E-state index contributed by atoms with van der Waals surface area (Å²) in [4.78, 5) is 12.7. The zero-order valence-electron chi connectivity index (χ0n) is 18.3. The van der Waals surface area contributed by atoms with Gasteiger partial charge >= 0.3 is 0 Å². The van der Waals surface area contributed by atoms with Crippen molar-refractivity contribution in [2.75, 3.05) is 12.9 Å². The lowest BCUT2D eigenvalue weighted by Gasteiger charge is -2.28. The summed E-state index contributed by atoms with van der Waals surface area (Å²) in [6.45, 7) is 4.19. The fourth-order valence-corrected chi connectivity index (χ4v) is 5.37. The third kappa shape index (κ3) is 6.76. The number of hydrogen-bond donors (Lipinski definition) is 0. The number of unbranched alkanes of at least 4 members (excludes halogenated alkanes) is 2. The molecule has 0 saturated carbocycles. The van der Waals surface area contributed by atoms with Gasteiger partial charge in [-0.1, -0.05) is 51.7 Å². The number of methoxy groups -OCH3 is 1. The van der Waals surface area contributed by atoms with Crippen molar-refractivity contribution >= 4 is 17.1 Å². The summed E-state index contributed by atoms with van der Waals surface area (Å²) in [5, 5.41) is 0. The first-order valence-corrected chi connectivity index (χ1v) is 12.0. The van der Waals surface area contributed by atoms with Crippen molar-refractivity contribution in [2.45, 2.75) is 63.7 Å². The second kappa shape index (κ2) is 12.0. The van der Waals surface area contributed by atoms with E-state index in [-0.39, 0.29) is 11.6 Å². The molecule has 0 fully saturated rings. The van der Waals surface area contributed by atoms with Gasteiger partial charge in [-0.05, 0) is 60.7 Å². The molecule has 5 heteroatoms. The van der Waals surface area contributed by atoms with Gasteiger partial charge in [0.1, 0.15) is 17.9 Å². The minimum atomic E-state index is -1.38. The molecule has 0 N–H and O–H groups in total. The fourth-order valence-electron chi connectivity index (χ4n) is 3.69. The zero-order valence-corrected chi connectivity index (χ0v) is 19.1. The van der Waals surface area contributed by atoms with E-state index in [0.717, 1.165) is 56.1 Å². The highest BCUT2D eigenvalue weighted by Gasteiger charge is 2.32. The monoisotopic (exact) mass is 432 g/mol. The second-order valence-electron chi connectivity index (χ2n) is 7.95. The quantitative estimate of drug-likeness (QED) is 0.359. The number of hydrogen-bond acceptors (Lipinski definition) is 3. The summed E-state index contributed by atoms with van der Waals surface area (Å²) in [5.74, 6) is 0.694. The first-order chi connectivity index (χ1) is 14.5. The third-order valence-corrected chi connectivity index (χ3v) is 7.27. The Morgan fingerprint density at radius 3 is 2.20 bits per heavy atom. The molecule has 164 valence electrons. The summed E-state index contributed by atoms with van der Waals surface area (Å²) in [6, 6.07) is 12.0. The highest BCUT2D eigenvalue weighted by atomic mass is 32.2. The second-order valence-corrected chi connectivity index (χ2v) is 9.37. The Hall–Kier alpha value is -2.01. The van der Waals surface area contributed by atoms with Crippen molar-refractivity contribution in [1.29, 1.82) is 0 Å². The van der Waals surface area contributed by atoms with Crippen LogP contribution in [-0.2, 0) is 22.0 Å².